The Morgan fingerprint density at radius 1 is 1.26 bits per heavy atom. The molecule has 0 bridgehead atoms. The molecule has 3 rings (SSSR count). The maximum Gasteiger partial charge on any atom is 0.490 e. The molecule has 0 unspecified atom stereocenters. The van der Waals surface area contributed by atoms with Crippen molar-refractivity contribution < 1.29 is 41.4 Å². The molecular formula is C17H19F3N4O6S. The Balaban J connectivity index is 0.000000423. The number of hydrogen-bond acceptors (Lipinski definition) is 6. The van der Waals surface area contributed by atoms with Crippen molar-refractivity contribution in [1.29, 1.82) is 0 Å². The number of carboxylic acid groups (broad SMARTS) is 2. The molecule has 1 aliphatic rings. The zero-order chi connectivity index (χ0) is 23.4. The van der Waals surface area contributed by atoms with Crippen LogP contribution in [0.2, 0.25) is 0 Å². The predicted molar refractivity (Wildman–Crippen MR) is 101 cm³/mol. The molecule has 0 aromatic carbocycles. The molecule has 2 heterocycles. The number of carboxylic acids is 2. The van der Waals surface area contributed by atoms with Crippen LogP contribution in [-0.4, -0.2) is 64.3 Å². The minimum Gasteiger partial charge on any atom is -0.477 e. The molecular weight excluding hydrogens is 445 g/mol. The number of nitrogens with one attached hydrogen (secondary N) is 1. The zero-order valence-corrected chi connectivity index (χ0v) is 17.0. The van der Waals surface area contributed by atoms with Gasteiger partial charge in [-0.1, -0.05) is 0 Å². The highest BCUT2D eigenvalue weighted by molar-refractivity contribution is 7.88. The van der Waals surface area contributed by atoms with Crippen LogP contribution in [0.25, 0.3) is 11.3 Å². The van der Waals surface area contributed by atoms with Gasteiger partial charge in [-0.25, -0.2) is 22.7 Å². The van der Waals surface area contributed by atoms with Crippen LogP contribution in [0.1, 0.15) is 28.0 Å². The van der Waals surface area contributed by atoms with Crippen LogP contribution >= 0.6 is 0 Å². The van der Waals surface area contributed by atoms with Gasteiger partial charge >= 0.3 is 18.1 Å². The summed E-state index contributed by atoms with van der Waals surface area (Å²) in [6, 6.07) is 1.85. The van der Waals surface area contributed by atoms with Crippen LogP contribution in [0.3, 0.4) is 0 Å². The van der Waals surface area contributed by atoms with Gasteiger partial charge in [-0.3, -0.25) is 9.67 Å². The number of pyridine rings is 1. The molecule has 14 heteroatoms. The topological polar surface area (TPSA) is 151 Å². The van der Waals surface area contributed by atoms with E-state index in [1.54, 1.807) is 12.4 Å². The van der Waals surface area contributed by atoms with Crippen molar-refractivity contribution in [2.24, 2.45) is 0 Å². The number of hydrogen-bond donors (Lipinski definition) is 3. The van der Waals surface area contributed by atoms with Gasteiger partial charge in [-0.2, -0.15) is 18.3 Å². The molecule has 2 aromatic heterocycles. The number of carbonyl (C=O) groups is 2. The summed E-state index contributed by atoms with van der Waals surface area (Å²) in [6.45, 7) is 0.570. The second kappa shape index (κ2) is 9.43. The Morgan fingerprint density at radius 3 is 2.45 bits per heavy atom. The van der Waals surface area contributed by atoms with Crippen molar-refractivity contribution in [3.8, 4) is 11.3 Å². The first-order chi connectivity index (χ1) is 14.3. The van der Waals surface area contributed by atoms with Gasteiger partial charge in [0.15, 0.2) is 0 Å². The summed E-state index contributed by atoms with van der Waals surface area (Å²) in [5, 5.41) is 21.2. The molecule has 0 amide bonds. The fourth-order valence-electron chi connectivity index (χ4n) is 2.96. The number of halogens is 3. The van der Waals surface area contributed by atoms with Crippen molar-refractivity contribution >= 4 is 22.0 Å². The van der Waals surface area contributed by atoms with Crippen LogP contribution in [0.4, 0.5) is 13.2 Å². The molecule has 0 spiro atoms. The van der Waals surface area contributed by atoms with Crippen molar-refractivity contribution in [3.05, 3.63) is 35.3 Å². The van der Waals surface area contributed by atoms with Gasteiger partial charge in [0, 0.05) is 36.6 Å². The summed E-state index contributed by atoms with van der Waals surface area (Å²) >= 11 is 0. The fraction of sp³-hybridized carbons (Fsp3) is 0.412. The summed E-state index contributed by atoms with van der Waals surface area (Å²) in [5.74, 6) is -3.77. The quantitative estimate of drug-likeness (QED) is 0.542. The van der Waals surface area contributed by atoms with E-state index in [2.05, 4.69) is 14.8 Å². The molecule has 0 radical (unpaired) electrons. The maximum atomic E-state index is 11.7. The lowest BCUT2D eigenvalue weighted by molar-refractivity contribution is -0.192. The van der Waals surface area contributed by atoms with Crippen molar-refractivity contribution in [2.75, 3.05) is 12.8 Å². The Bertz CT molecular complexity index is 1080. The molecule has 3 N–H and O–H groups in total. The lowest BCUT2D eigenvalue weighted by Gasteiger charge is -2.14. The molecule has 31 heavy (non-hydrogen) atoms. The van der Waals surface area contributed by atoms with E-state index in [4.69, 9.17) is 9.90 Å². The van der Waals surface area contributed by atoms with Gasteiger partial charge in [0.1, 0.15) is 5.69 Å². The molecule has 170 valence electrons. The number of aryl methyl sites for hydroxylation is 2. The third kappa shape index (κ3) is 6.49. The van der Waals surface area contributed by atoms with Crippen molar-refractivity contribution in [1.82, 2.24) is 19.5 Å². The lowest BCUT2D eigenvalue weighted by atomic mass is 9.90. The fourth-order valence-corrected chi connectivity index (χ4v) is 3.47. The van der Waals surface area contributed by atoms with Gasteiger partial charge in [0.25, 0.3) is 0 Å². The summed E-state index contributed by atoms with van der Waals surface area (Å²) in [5.41, 5.74) is 3.59. The van der Waals surface area contributed by atoms with E-state index in [9.17, 15) is 31.5 Å². The van der Waals surface area contributed by atoms with Crippen LogP contribution in [0.15, 0.2) is 18.5 Å². The number of fused-ring (bicyclic) bond motifs is 3. The SMILES string of the molecule is CS(=O)(=O)NCCCn1nc2c(c1C(=O)O)CCc1cnccc1-2.O=C(O)C(F)(F)F. The van der Waals surface area contributed by atoms with Crippen LogP contribution in [0.5, 0.6) is 0 Å². The first-order valence-corrected chi connectivity index (χ1v) is 10.7. The monoisotopic (exact) mass is 464 g/mol. The highest BCUT2D eigenvalue weighted by Gasteiger charge is 2.38. The number of sulfonamides is 1. The van der Waals surface area contributed by atoms with Crippen LogP contribution in [-0.2, 0) is 34.2 Å². The minimum absolute atomic E-state index is 0.187. The number of aromatic carboxylic acids is 1. The predicted octanol–water partition coefficient (Wildman–Crippen LogP) is 1.31. The van der Waals surface area contributed by atoms with E-state index in [1.807, 2.05) is 6.07 Å². The van der Waals surface area contributed by atoms with E-state index >= 15 is 0 Å². The summed E-state index contributed by atoms with van der Waals surface area (Å²) in [6.07, 6.45) is 1.26. The number of alkyl halides is 3. The maximum absolute atomic E-state index is 11.7. The first kappa shape index (κ1) is 24.3. The van der Waals surface area contributed by atoms with Crippen LogP contribution < -0.4 is 4.72 Å². The third-order valence-electron chi connectivity index (χ3n) is 4.21. The molecule has 0 saturated carbocycles. The van der Waals surface area contributed by atoms with E-state index in [0.29, 0.717) is 25.1 Å². The molecule has 1 aliphatic carbocycles. The number of rotatable bonds is 6. The second-order valence-corrected chi connectivity index (χ2v) is 8.39. The van der Waals surface area contributed by atoms with Gasteiger partial charge in [-0.15, -0.1) is 0 Å². The number of aliphatic carboxylic acids is 1. The van der Waals surface area contributed by atoms with E-state index in [0.717, 1.165) is 29.4 Å². The standard InChI is InChI=1S/C15H18N4O4S.C2HF3O2/c1-24(22,23)17-6-2-8-19-14(15(20)21)12-4-3-10-9-16-7-5-11(10)13(12)18-19;3-2(4,5)1(6)7/h5,7,9,17H,2-4,6,8H2,1H3,(H,20,21);(H,6,7). The smallest absolute Gasteiger partial charge is 0.477 e. The van der Waals surface area contributed by atoms with Gasteiger partial charge < -0.3 is 10.2 Å². The van der Waals surface area contributed by atoms with Gasteiger partial charge in [0.05, 0.1) is 11.9 Å². The van der Waals surface area contributed by atoms with Crippen LogP contribution in [0, 0.1) is 0 Å². The zero-order valence-electron chi connectivity index (χ0n) is 16.2. The Labute approximate surface area is 174 Å². The van der Waals surface area contributed by atoms with Crippen molar-refractivity contribution in [3.63, 3.8) is 0 Å². The molecule has 0 aliphatic heterocycles. The molecule has 2 aromatic rings. The number of aromatic nitrogens is 3. The van der Waals surface area contributed by atoms with Gasteiger partial charge in [0.2, 0.25) is 10.0 Å². The summed E-state index contributed by atoms with van der Waals surface area (Å²) in [7, 11) is -3.25. The highest BCUT2D eigenvalue weighted by Crippen LogP contribution is 2.34. The van der Waals surface area contributed by atoms with E-state index in [1.165, 1.54) is 4.68 Å². The normalized spacial score (nSPS) is 12.9. The molecule has 0 saturated heterocycles. The largest absolute Gasteiger partial charge is 0.490 e. The Morgan fingerprint density at radius 2 is 1.90 bits per heavy atom. The Hall–Kier alpha value is -3.00. The first-order valence-electron chi connectivity index (χ1n) is 8.82. The van der Waals surface area contributed by atoms with Gasteiger partial charge in [-0.05, 0) is 30.9 Å². The molecule has 0 fully saturated rings. The summed E-state index contributed by atoms with van der Waals surface area (Å²) in [4.78, 5) is 24.7. The number of nitrogens with zero attached hydrogens (tertiary/aromatic N) is 3. The molecule has 0 atom stereocenters. The van der Waals surface area contributed by atoms with Crippen molar-refractivity contribution in [2.45, 2.75) is 32.0 Å². The van der Waals surface area contributed by atoms with E-state index in [-0.39, 0.29) is 12.2 Å². The average molecular weight is 464 g/mol. The molecule has 10 nitrogen and oxygen atoms in total. The average Bonchev–Trinajstić information content (AvgIpc) is 3.03. The highest BCUT2D eigenvalue weighted by atomic mass is 32.2. The Kier molecular flexibility index (Phi) is 7.38. The lowest BCUT2D eigenvalue weighted by Crippen LogP contribution is -2.24. The third-order valence-corrected chi connectivity index (χ3v) is 4.94. The minimum atomic E-state index is -5.08. The van der Waals surface area contributed by atoms with E-state index < -0.39 is 28.1 Å². The second-order valence-electron chi connectivity index (χ2n) is 6.56. The summed E-state index contributed by atoms with van der Waals surface area (Å²) < 4.78 is 57.8.